The van der Waals surface area contributed by atoms with Crippen molar-refractivity contribution in [3.05, 3.63) is 111 Å². The Kier molecular flexibility index (Phi) is 5.04. The van der Waals surface area contributed by atoms with Gasteiger partial charge in [0.1, 0.15) is 11.2 Å². The predicted octanol–water partition coefficient (Wildman–Crippen LogP) is 3.61. The van der Waals surface area contributed by atoms with E-state index in [4.69, 9.17) is 0 Å². The fraction of sp³-hybridized carbons (Fsp3) is 0.0455. The van der Waals surface area contributed by atoms with Crippen LogP contribution in [-0.4, -0.2) is 20.4 Å². The summed E-state index contributed by atoms with van der Waals surface area (Å²) in [5.41, 5.74) is 0.874. The van der Waals surface area contributed by atoms with Crippen molar-refractivity contribution in [1.29, 1.82) is 0 Å². The Labute approximate surface area is 170 Å². The van der Waals surface area contributed by atoms with Gasteiger partial charge in [-0.05, 0) is 29.8 Å². The van der Waals surface area contributed by atoms with Crippen molar-refractivity contribution < 1.29 is 9.72 Å². The van der Waals surface area contributed by atoms with E-state index in [2.05, 4.69) is 10.3 Å². The summed E-state index contributed by atoms with van der Waals surface area (Å²) in [6, 6.07) is 19.9. The lowest BCUT2D eigenvalue weighted by Crippen LogP contribution is -2.30. The van der Waals surface area contributed by atoms with Crippen LogP contribution in [-0.2, 0) is 6.54 Å². The summed E-state index contributed by atoms with van der Waals surface area (Å²) < 4.78 is 1.45. The summed E-state index contributed by atoms with van der Waals surface area (Å²) in [5.74, 6) is -0.645. The molecule has 0 aliphatic rings. The highest BCUT2D eigenvalue weighted by Gasteiger charge is 2.17. The van der Waals surface area contributed by atoms with Crippen LogP contribution in [0.25, 0.3) is 11.0 Å². The molecule has 2 aromatic heterocycles. The fourth-order valence-electron chi connectivity index (χ4n) is 3.18. The molecule has 0 unspecified atom stereocenters. The molecule has 0 saturated carbocycles. The van der Waals surface area contributed by atoms with Gasteiger partial charge in [-0.15, -0.1) is 0 Å². The minimum atomic E-state index is -0.645. The maximum atomic E-state index is 13.1. The second-order valence-corrected chi connectivity index (χ2v) is 6.61. The number of non-ortho nitro benzene ring substituents is 1. The quantitative estimate of drug-likeness (QED) is 0.407. The lowest BCUT2D eigenvalue weighted by Gasteiger charge is -2.12. The van der Waals surface area contributed by atoms with Crippen LogP contribution in [0.15, 0.2) is 83.8 Å². The number of hydrogen-bond donors (Lipinski definition) is 1. The Balaban J connectivity index is 1.76. The maximum absolute atomic E-state index is 13.1. The summed E-state index contributed by atoms with van der Waals surface area (Å²) >= 11 is 0. The van der Waals surface area contributed by atoms with Gasteiger partial charge in [0.2, 0.25) is 0 Å². The first-order chi connectivity index (χ1) is 14.5. The molecular formula is C22H16N4O4. The lowest BCUT2D eigenvalue weighted by atomic mass is 10.1. The molecule has 30 heavy (non-hydrogen) atoms. The SMILES string of the molecule is O=C(Nc1cccc([N+](=O)[O-])c1)c1cc2cccnc2n(Cc2ccccc2)c1=O. The third-order valence-electron chi connectivity index (χ3n) is 4.59. The largest absolute Gasteiger partial charge is 0.322 e. The maximum Gasteiger partial charge on any atom is 0.271 e. The van der Waals surface area contributed by atoms with Crippen molar-refractivity contribution >= 4 is 28.3 Å². The molecule has 2 aromatic carbocycles. The molecule has 2 heterocycles. The van der Waals surface area contributed by atoms with Crippen LogP contribution in [0.3, 0.4) is 0 Å². The first-order valence-corrected chi connectivity index (χ1v) is 9.11. The van der Waals surface area contributed by atoms with E-state index < -0.39 is 16.4 Å². The smallest absolute Gasteiger partial charge is 0.271 e. The van der Waals surface area contributed by atoms with Gasteiger partial charge >= 0.3 is 0 Å². The van der Waals surface area contributed by atoms with Crippen LogP contribution in [0.1, 0.15) is 15.9 Å². The minimum absolute atomic E-state index is 0.0714. The number of amides is 1. The average molecular weight is 400 g/mol. The van der Waals surface area contributed by atoms with Gasteiger partial charge in [0, 0.05) is 29.4 Å². The molecule has 0 aliphatic carbocycles. The van der Waals surface area contributed by atoms with Crippen molar-refractivity contribution in [2.75, 3.05) is 5.32 Å². The van der Waals surface area contributed by atoms with Gasteiger partial charge in [0.25, 0.3) is 17.2 Å². The molecule has 0 aliphatic heterocycles. The Bertz CT molecular complexity index is 1320. The Morgan fingerprint density at radius 2 is 1.83 bits per heavy atom. The van der Waals surface area contributed by atoms with Crippen LogP contribution < -0.4 is 10.9 Å². The zero-order chi connectivity index (χ0) is 21.1. The number of anilines is 1. The zero-order valence-electron chi connectivity index (χ0n) is 15.7. The molecule has 1 N–H and O–H groups in total. The number of nitrogens with one attached hydrogen (secondary N) is 1. The van der Waals surface area contributed by atoms with Gasteiger partial charge in [0.15, 0.2) is 0 Å². The number of nitrogens with zero attached hydrogens (tertiary/aromatic N) is 3. The molecule has 0 radical (unpaired) electrons. The van der Waals surface area contributed by atoms with Gasteiger partial charge in [-0.2, -0.15) is 0 Å². The van der Waals surface area contributed by atoms with Gasteiger partial charge in [-0.3, -0.25) is 24.3 Å². The summed E-state index contributed by atoms with van der Waals surface area (Å²) in [5, 5.41) is 14.2. The predicted molar refractivity (Wildman–Crippen MR) is 113 cm³/mol. The summed E-state index contributed by atoms with van der Waals surface area (Å²) in [7, 11) is 0. The van der Waals surface area contributed by atoms with Crippen molar-refractivity contribution in [3.63, 3.8) is 0 Å². The molecule has 0 fully saturated rings. The molecule has 4 aromatic rings. The van der Waals surface area contributed by atoms with E-state index in [1.54, 1.807) is 18.3 Å². The van der Waals surface area contributed by atoms with Crippen molar-refractivity contribution in [2.24, 2.45) is 0 Å². The number of nitro benzene ring substituents is 1. The second-order valence-electron chi connectivity index (χ2n) is 6.61. The van der Waals surface area contributed by atoms with Crippen LogP contribution >= 0.6 is 0 Å². The van der Waals surface area contributed by atoms with Gasteiger partial charge in [-0.25, -0.2) is 4.98 Å². The highest BCUT2D eigenvalue weighted by atomic mass is 16.6. The van der Waals surface area contributed by atoms with E-state index in [0.717, 1.165) is 5.56 Å². The van der Waals surface area contributed by atoms with Crippen LogP contribution in [0.2, 0.25) is 0 Å². The van der Waals surface area contributed by atoms with E-state index in [0.29, 0.717) is 11.0 Å². The summed E-state index contributed by atoms with van der Waals surface area (Å²) in [6.45, 7) is 0.255. The number of nitro groups is 1. The minimum Gasteiger partial charge on any atom is -0.322 e. The molecule has 0 spiro atoms. The molecule has 148 valence electrons. The summed E-state index contributed by atoms with van der Waals surface area (Å²) in [4.78, 5) is 40.7. The van der Waals surface area contributed by atoms with E-state index >= 15 is 0 Å². The van der Waals surface area contributed by atoms with E-state index in [-0.39, 0.29) is 23.5 Å². The first-order valence-electron chi connectivity index (χ1n) is 9.11. The van der Waals surface area contributed by atoms with Crippen LogP contribution in [0.5, 0.6) is 0 Å². The summed E-state index contributed by atoms with van der Waals surface area (Å²) in [6.07, 6.45) is 1.59. The van der Waals surface area contributed by atoms with E-state index in [1.807, 2.05) is 30.3 Å². The molecule has 4 rings (SSSR count). The lowest BCUT2D eigenvalue weighted by molar-refractivity contribution is -0.384. The average Bonchev–Trinajstić information content (AvgIpc) is 2.76. The molecular weight excluding hydrogens is 384 g/mol. The third-order valence-corrected chi connectivity index (χ3v) is 4.59. The molecule has 0 bridgehead atoms. The van der Waals surface area contributed by atoms with Crippen molar-refractivity contribution in [1.82, 2.24) is 9.55 Å². The molecule has 8 nitrogen and oxygen atoms in total. The number of carbonyl (C=O) groups is 1. The van der Waals surface area contributed by atoms with Crippen LogP contribution in [0.4, 0.5) is 11.4 Å². The van der Waals surface area contributed by atoms with Crippen molar-refractivity contribution in [2.45, 2.75) is 6.54 Å². The molecule has 0 saturated heterocycles. The van der Waals surface area contributed by atoms with E-state index in [1.165, 1.54) is 34.9 Å². The Hall–Kier alpha value is -4.33. The number of carbonyl (C=O) groups excluding carboxylic acids is 1. The number of hydrogen-bond acceptors (Lipinski definition) is 5. The first kappa shape index (κ1) is 19.0. The van der Waals surface area contributed by atoms with Gasteiger partial charge < -0.3 is 5.32 Å². The topological polar surface area (TPSA) is 107 Å². The number of pyridine rings is 2. The van der Waals surface area contributed by atoms with Gasteiger partial charge in [-0.1, -0.05) is 36.4 Å². The third kappa shape index (κ3) is 3.79. The standard InChI is InChI=1S/C22H16N4O4/c27-21(24-17-9-4-10-18(13-17)26(29)30)19-12-16-8-5-11-23-20(16)25(22(19)28)14-15-6-2-1-3-7-15/h1-13H,14H2,(H,24,27). The zero-order valence-corrected chi connectivity index (χ0v) is 15.7. The van der Waals surface area contributed by atoms with Gasteiger partial charge in [0.05, 0.1) is 11.5 Å². The number of fused-ring (bicyclic) bond motifs is 1. The highest BCUT2D eigenvalue weighted by Crippen LogP contribution is 2.18. The van der Waals surface area contributed by atoms with Crippen LogP contribution in [0, 0.1) is 10.1 Å². The number of rotatable bonds is 5. The van der Waals surface area contributed by atoms with E-state index in [9.17, 15) is 19.7 Å². The highest BCUT2D eigenvalue weighted by molar-refractivity contribution is 6.05. The Morgan fingerprint density at radius 1 is 1.03 bits per heavy atom. The normalized spacial score (nSPS) is 10.7. The Morgan fingerprint density at radius 3 is 2.60 bits per heavy atom. The monoisotopic (exact) mass is 400 g/mol. The van der Waals surface area contributed by atoms with Crippen molar-refractivity contribution in [3.8, 4) is 0 Å². The fourth-order valence-corrected chi connectivity index (χ4v) is 3.18. The molecule has 1 amide bonds. The number of benzene rings is 2. The number of aromatic nitrogens is 2. The second kappa shape index (κ2) is 7.96. The molecule has 0 atom stereocenters. The molecule has 8 heteroatoms.